The van der Waals surface area contributed by atoms with Crippen molar-refractivity contribution < 1.29 is 28.9 Å². The van der Waals surface area contributed by atoms with E-state index in [0.29, 0.717) is 46.0 Å². The fourth-order valence-corrected chi connectivity index (χ4v) is 6.95. The number of thiocarbonyl (C=S) groups is 1. The third-order valence-electron chi connectivity index (χ3n) is 8.15. The number of carbonyl (C=O) groups is 2. The number of methoxy groups -OCH3 is 1. The molecule has 2 aliphatic heterocycles. The number of carboxylic acid groups (broad SMARTS) is 1. The van der Waals surface area contributed by atoms with Gasteiger partial charge in [-0.2, -0.15) is 0 Å². The minimum Gasteiger partial charge on any atom is -0.493 e. The van der Waals surface area contributed by atoms with Gasteiger partial charge in [0.25, 0.3) is 5.91 Å². The Kier molecular flexibility index (Phi) is 10.4. The van der Waals surface area contributed by atoms with Crippen LogP contribution in [0.25, 0.3) is 28.1 Å². The number of likely N-dealkylation sites (tertiary alicyclic amines) is 1. The van der Waals surface area contributed by atoms with Crippen LogP contribution in [0, 0.1) is 0 Å². The summed E-state index contributed by atoms with van der Waals surface area (Å²) in [4.78, 5) is 34.0. The Morgan fingerprint density at radius 3 is 2.55 bits per heavy atom. The van der Waals surface area contributed by atoms with Crippen molar-refractivity contribution in [2.75, 3.05) is 46.5 Å². The fraction of sp³-hybridized carbons (Fsp3) is 0.278. The van der Waals surface area contributed by atoms with Crippen LogP contribution in [0.2, 0.25) is 0 Å². The lowest BCUT2D eigenvalue weighted by molar-refractivity contribution is -0.122. The lowest BCUT2D eigenvalue weighted by Gasteiger charge is -2.17. The number of ether oxygens (including phenoxy) is 3. The molecule has 1 N–H and O–H groups in total. The van der Waals surface area contributed by atoms with Gasteiger partial charge in [0, 0.05) is 35.8 Å². The maximum absolute atomic E-state index is 13.6. The standard InChI is InChI=1S/C36H35N3O6S2/c1-43-32-21-26(35(41)42)10-12-31(32)44-17-6-15-39-34(40)33(47-36(39)46)22-27-19-24(28-20-25-7-2-3-8-29(25)37-23-28)9-11-30(27)45-18-16-38-13-4-5-14-38/h2-3,7-12,19-23H,4-6,13-18H2,1H3,(H,41,42). The number of pyridine rings is 1. The number of carbonyl (C=O) groups excluding carboxylic acids is 1. The first-order valence-corrected chi connectivity index (χ1v) is 16.8. The molecule has 0 saturated carbocycles. The summed E-state index contributed by atoms with van der Waals surface area (Å²) in [7, 11) is 1.46. The van der Waals surface area contributed by atoms with Gasteiger partial charge in [-0.05, 0) is 86.5 Å². The molecule has 0 bridgehead atoms. The second-order valence-electron chi connectivity index (χ2n) is 11.3. The molecule has 1 amide bonds. The molecule has 1 aromatic heterocycles. The molecule has 11 heteroatoms. The number of carboxylic acids is 1. The summed E-state index contributed by atoms with van der Waals surface area (Å²) in [5.41, 5.74) is 3.79. The van der Waals surface area contributed by atoms with Crippen LogP contribution in [0.3, 0.4) is 0 Å². The summed E-state index contributed by atoms with van der Waals surface area (Å²) >= 11 is 6.88. The van der Waals surface area contributed by atoms with E-state index in [2.05, 4.69) is 16.0 Å². The van der Waals surface area contributed by atoms with Gasteiger partial charge >= 0.3 is 5.97 Å². The van der Waals surface area contributed by atoms with Crippen LogP contribution in [0.5, 0.6) is 17.2 Å². The van der Waals surface area contributed by atoms with Crippen molar-refractivity contribution in [2.45, 2.75) is 19.3 Å². The van der Waals surface area contributed by atoms with Crippen LogP contribution >= 0.6 is 24.0 Å². The van der Waals surface area contributed by atoms with Gasteiger partial charge in [0.05, 0.1) is 29.7 Å². The molecular weight excluding hydrogens is 635 g/mol. The molecule has 4 aromatic rings. The molecule has 0 atom stereocenters. The lowest BCUT2D eigenvalue weighted by Crippen LogP contribution is -2.30. The number of fused-ring (bicyclic) bond motifs is 1. The summed E-state index contributed by atoms with van der Waals surface area (Å²) in [5, 5.41) is 10.3. The van der Waals surface area contributed by atoms with Gasteiger partial charge in [0.1, 0.15) is 16.7 Å². The summed E-state index contributed by atoms with van der Waals surface area (Å²) in [6, 6.07) is 20.6. The Bertz CT molecular complexity index is 1840. The summed E-state index contributed by atoms with van der Waals surface area (Å²) < 4.78 is 17.9. The van der Waals surface area contributed by atoms with Crippen LogP contribution in [0.1, 0.15) is 35.2 Å². The van der Waals surface area contributed by atoms with Gasteiger partial charge in [-0.25, -0.2) is 4.79 Å². The number of benzene rings is 3. The van der Waals surface area contributed by atoms with E-state index in [0.717, 1.165) is 47.2 Å². The van der Waals surface area contributed by atoms with Crippen LogP contribution in [-0.4, -0.2) is 82.6 Å². The number of hydrogen-bond donors (Lipinski definition) is 1. The van der Waals surface area contributed by atoms with Crippen LogP contribution in [0.4, 0.5) is 0 Å². The molecular formula is C36H35N3O6S2. The van der Waals surface area contributed by atoms with Gasteiger partial charge < -0.3 is 19.3 Å². The highest BCUT2D eigenvalue weighted by Gasteiger charge is 2.32. The minimum absolute atomic E-state index is 0.109. The zero-order valence-corrected chi connectivity index (χ0v) is 27.6. The zero-order chi connectivity index (χ0) is 32.8. The second-order valence-corrected chi connectivity index (χ2v) is 12.9. The first-order valence-electron chi connectivity index (χ1n) is 15.5. The first-order chi connectivity index (χ1) is 22.9. The van der Waals surface area contributed by atoms with Crippen molar-refractivity contribution in [2.24, 2.45) is 0 Å². The zero-order valence-electron chi connectivity index (χ0n) is 26.0. The lowest BCUT2D eigenvalue weighted by atomic mass is 10.0. The average Bonchev–Trinajstić information content (AvgIpc) is 3.70. The van der Waals surface area contributed by atoms with Gasteiger partial charge in [-0.15, -0.1) is 0 Å². The maximum Gasteiger partial charge on any atom is 0.335 e. The van der Waals surface area contributed by atoms with E-state index in [1.807, 2.05) is 54.7 Å². The van der Waals surface area contributed by atoms with Crippen LogP contribution in [-0.2, 0) is 4.79 Å². The van der Waals surface area contributed by atoms with Crippen molar-refractivity contribution in [3.63, 3.8) is 0 Å². The van der Waals surface area contributed by atoms with Crippen LogP contribution < -0.4 is 14.2 Å². The molecule has 2 saturated heterocycles. The number of aromatic carboxylic acids is 1. The Labute approximate surface area is 283 Å². The minimum atomic E-state index is -1.05. The maximum atomic E-state index is 13.6. The van der Waals surface area contributed by atoms with Crippen molar-refractivity contribution in [1.82, 2.24) is 14.8 Å². The summed E-state index contributed by atoms with van der Waals surface area (Å²) in [6.45, 7) is 4.28. The van der Waals surface area contributed by atoms with E-state index >= 15 is 0 Å². The topological polar surface area (TPSA) is 101 Å². The molecule has 0 spiro atoms. The van der Waals surface area contributed by atoms with E-state index in [4.69, 9.17) is 26.4 Å². The highest BCUT2D eigenvalue weighted by Crippen LogP contribution is 2.36. The highest BCUT2D eigenvalue weighted by molar-refractivity contribution is 8.26. The van der Waals surface area contributed by atoms with Crippen molar-refractivity contribution >= 4 is 57.2 Å². The number of amides is 1. The third-order valence-corrected chi connectivity index (χ3v) is 9.53. The van der Waals surface area contributed by atoms with Gasteiger partial charge in [-0.3, -0.25) is 19.6 Å². The van der Waals surface area contributed by atoms with Gasteiger partial charge in [0.15, 0.2) is 11.5 Å². The number of para-hydroxylation sites is 1. The molecule has 242 valence electrons. The molecule has 2 fully saturated rings. The van der Waals surface area contributed by atoms with Gasteiger partial charge in [0.2, 0.25) is 0 Å². The largest absolute Gasteiger partial charge is 0.493 e. The Morgan fingerprint density at radius 1 is 0.957 bits per heavy atom. The first kappa shape index (κ1) is 32.5. The van der Waals surface area contributed by atoms with Crippen molar-refractivity contribution in [1.29, 1.82) is 0 Å². The molecule has 9 nitrogen and oxygen atoms in total. The molecule has 2 aliphatic rings. The number of aromatic nitrogens is 1. The molecule has 3 heterocycles. The van der Waals surface area contributed by atoms with E-state index in [1.165, 1.54) is 43.8 Å². The average molecular weight is 670 g/mol. The van der Waals surface area contributed by atoms with Crippen molar-refractivity contribution in [3.05, 3.63) is 89.0 Å². The third kappa shape index (κ3) is 7.75. The van der Waals surface area contributed by atoms with Crippen molar-refractivity contribution in [3.8, 4) is 28.4 Å². The van der Waals surface area contributed by atoms with E-state index in [1.54, 1.807) is 11.0 Å². The van der Waals surface area contributed by atoms with Crippen LogP contribution in [0.15, 0.2) is 77.8 Å². The Morgan fingerprint density at radius 2 is 1.74 bits per heavy atom. The molecule has 47 heavy (non-hydrogen) atoms. The Balaban J connectivity index is 1.17. The monoisotopic (exact) mass is 669 g/mol. The number of rotatable bonds is 13. The highest BCUT2D eigenvalue weighted by atomic mass is 32.2. The second kappa shape index (κ2) is 15.0. The summed E-state index contributed by atoms with van der Waals surface area (Å²) in [6.07, 6.45) is 6.70. The molecule has 0 unspecified atom stereocenters. The predicted octanol–water partition coefficient (Wildman–Crippen LogP) is 6.75. The summed E-state index contributed by atoms with van der Waals surface area (Å²) in [5.74, 6) is 0.267. The number of hydrogen-bond acceptors (Lipinski definition) is 9. The van der Waals surface area contributed by atoms with Gasteiger partial charge in [-0.1, -0.05) is 48.2 Å². The fourth-order valence-electron chi connectivity index (χ4n) is 5.65. The smallest absolute Gasteiger partial charge is 0.335 e. The molecule has 0 aliphatic carbocycles. The SMILES string of the molecule is COc1cc(C(=O)O)ccc1OCCCN1C(=O)C(=Cc2cc(-c3cnc4ccccc4c3)ccc2OCCN2CCCC2)SC1=S. The van der Waals surface area contributed by atoms with E-state index in [9.17, 15) is 14.7 Å². The van der Waals surface area contributed by atoms with E-state index < -0.39 is 5.97 Å². The quantitative estimate of drug-likeness (QED) is 0.0935. The number of thioether (sulfide) groups is 1. The number of nitrogens with zero attached hydrogens (tertiary/aromatic N) is 3. The normalized spacial score (nSPS) is 15.9. The van der Waals surface area contributed by atoms with E-state index in [-0.39, 0.29) is 18.1 Å². The Hall–Kier alpha value is -4.45. The molecule has 6 rings (SSSR count). The molecule has 0 radical (unpaired) electrons. The predicted molar refractivity (Wildman–Crippen MR) is 188 cm³/mol. The molecule has 3 aromatic carbocycles.